The van der Waals surface area contributed by atoms with E-state index in [-0.39, 0.29) is 11.4 Å². The summed E-state index contributed by atoms with van der Waals surface area (Å²) in [5.41, 5.74) is 3.77. The number of nitrogens with zero attached hydrogens (tertiary/aromatic N) is 1. The Morgan fingerprint density at radius 1 is 0.900 bits per heavy atom. The highest BCUT2D eigenvalue weighted by Gasteiger charge is 2.28. The minimum Gasteiger partial charge on any atom is -0.325 e. The molecule has 5 nitrogen and oxygen atoms in total. The van der Waals surface area contributed by atoms with Gasteiger partial charge in [0.05, 0.1) is 10.6 Å². The van der Waals surface area contributed by atoms with Crippen LogP contribution in [0.15, 0.2) is 71.6 Å². The Balaban J connectivity index is 1.99. The molecule has 0 aliphatic carbocycles. The van der Waals surface area contributed by atoms with E-state index < -0.39 is 15.9 Å². The van der Waals surface area contributed by atoms with E-state index in [0.717, 1.165) is 20.3 Å². The fourth-order valence-electron chi connectivity index (χ4n) is 2.99. The van der Waals surface area contributed by atoms with Crippen LogP contribution in [0.1, 0.15) is 16.7 Å². The van der Waals surface area contributed by atoms with Crippen molar-refractivity contribution < 1.29 is 13.2 Å². The maximum absolute atomic E-state index is 13.5. The van der Waals surface area contributed by atoms with Crippen molar-refractivity contribution in [1.29, 1.82) is 0 Å². The number of carbonyl (C=O) groups is 1. The Kier molecular flexibility index (Phi) is 6.82. The van der Waals surface area contributed by atoms with Gasteiger partial charge in [0.25, 0.3) is 10.0 Å². The van der Waals surface area contributed by atoms with Gasteiger partial charge in [-0.2, -0.15) is 0 Å². The zero-order valence-electron chi connectivity index (χ0n) is 17.0. The molecule has 30 heavy (non-hydrogen) atoms. The first-order valence-electron chi connectivity index (χ1n) is 9.39. The van der Waals surface area contributed by atoms with Crippen LogP contribution in [-0.4, -0.2) is 20.9 Å². The van der Waals surface area contributed by atoms with E-state index >= 15 is 0 Å². The van der Waals surface area contributed by atoms with Crippen molar-refractivity contribution in [3.8, 4) is 0 Å². The lowest BCUT2D eigenvalue weighted by molar-refractivity contribution is -0.114. The normalized spacial score (nSPS) is 11.2. The molecule has 0 saturated carbocycles. The number of hydrogen-bond acceptors (Lipinski definition) is 3. The van der Waals surface area contributed by atoms with E-state index in [1.807, 2.05) is 45.0 Å². The van der Waals surface area contributed by atoms with E-state index in [1.54, 1.807) is 42.5 Å². The number of aryl methyl sites for hydroxylation is 3. The molecule has 0 aliphatic rings. The van der Waals surface area contributed by atoms with Crippen LogP contribution < -0.4 is 9.62 Å². The van der Waals surface area contributed by atoms with Gasteiger partial charge in [-0.05, 0) is 97.0 Å². The molecule has 0 fully saturated rings. The first kappa shape index (κ1) is 22.3. The molecular weight excluding hydrogens is 511 g/mol. The van der Waals surface area contributed by atoms with Crippen molar-refractivity contribution in [2.24, 2.45) is 0 Å². The van der Waals surface area contributed by atoms with Gasteiger partial charge in [0, 0.05) is 9.26 Å². The predicted octanol–water partition coefficient (Wildman–Crippen LogP) is 5.05. The molecule has 7 heteroatoms. The van der Waals surface area contributed by atoms with Gasteiger partial charge in [-0.15, -0.1) is 0 Å². The second-order valence-corrected chi connectivity index (χ2v) is 10.3. The summed E-state index contributed by atoms with van der Waals surface area (Å²) in [6, 6.07) is 19.5. The average Bonchev–Trinajstić information content (AvgIpc) is 2.70. The lowest BCUT2D eigenvalue weighted by Gasteiger charge is -2.26. The molecule has 0 saturated heterocycles. The Morgan fingerprint density at radius 3 is 2.13 bits per heavy atom. The highest BCUT2D eigenvalue weighted by molar-refractivity contribution is 14.1. The first-order chi connectivity index (χ1) is 14.2. The number of halogens is 1. The van der Waals surface area contributed by atoms with Crippen LogP contribution in [0.4, 0.5) is 11.4 Å². The third kappa shape index (κ3) is 5.20. The molecule has 1 amide bonds. The van der Waals surface area contributed by atoms with Crippen molar-refractivity contribution in [2.75, 3.05) is 16.2 Å². The monoisotopic (exact) mass is 534 g/mol. The standard InChI is InChI=1S/C23H23IN2O3S/c1-16-5-12-21(13-6-16)30(28,29)26(22-14-17(2)4-7-18(22)3)15-23(27)25-20-10-8-19(24)9-11-20/h4-14H,15H2,1-3H3,(H,25,27). The maximum Gasteiger partial charge on any atom is 0.264 e. The van der Waals surface area contributed by atoms with Gasteiger partial charge in [-0.1, -0.05) is 29.8 Å². The number of carbonyl (C=O) groups excluding carboxylic acids is 1. The summed E-state index contributed by atoms with van der Waals surface area (Å²) < 4.78 is 29.2. The molecule has 0 spiro atoms. The Hall–Kier alpha value is -2.39. The molecular formula is C23H23IN2O3S. The second-order valence-electron chi connectivity index (χ2n) is 7.17. The Labute approximate surface area is 191 Å². The molecule has 0 atom stereocenters. The largest absolute Gasteiger partial charge is 0.325 e. The van der Waals surface area contributed by atoms with Crippen molar-refractivity contribution in [2.45, 2.75) is 25.7 Å². The lowest BCUT2D eigenvalue weighted by Crippen LogP contribution is -2.38. The number of rotatable bonds is 6. The van der Waals surface area contributed by atoms with E-state index in [2.05, 4.69) is 27.9 Å². The van der Waals surface area contributed by atoms with Gasteiger partial charge >= 0.3 is 0 Å². The van der Waals surface area contributed by atoms with Gasteiger partial charge in [0.15, 0.2) is 0 Å². The van der Waals surface area contributed by atoms with Crippen LogP contribution in [0.5, 0.6) is 0 Å². The number of hydrogen-bond donors (Lipinski definition) is 1. The molecule has 0 unspecified atom stereocenters. The van der Waals surface area contributed by atoms with E-state index in [0.29, 0.717) is 11.4 Å². The smallest absolute Gasteiger partial charge is 0.264 e. The predicted molar refractivity (Wildman–Crippen MR) is 129 cm³/mol. The van der Waals surface area contributed by atoms with Crippen molar-refractivity contribution in [1.82, 2.24) is 0 Å². The van der Waals surface area contributed by atoms with Crippen LogP contribution in [0, 0.1) is 24.3 Å². The molecule has 0 radical (unpaired) electrons. The average molecular weight is 534 g/mol. The zero-order chi connectivity index (χ0) is 21.9. The van der Waals surface area contributed by atoms with Crippen molar-refractivity contribution in [3.63, 3.8) is 0 Å². The van der Waals surface area contributed by atoms with E-state index in [9.17, 15) is 13.2 Å². The quantitative estimate of drug-likeness (QED) is 0.451. The summed E-state index contributed by atoms with van der Waals surface area (Å²) in [6.45, 7) is 5.30. The van der Waals surface area contributed by atoms with E-state index in [1.165, 1.54) is 4.31 Å². The van der Waals surface area contributed by atoms with Crippen LogP contribution in [-0.2, 0) is 14.8 Å². The molecule has 0 bridgehead atoms. The molecule has 3 aromatic carbocycles. The summed E-state index contributed by atoms with van der Waals surface area (Å²) in [6.07, 6.45) is 0. The van der Waals surface area contributed by atoms with Crippen LogP contribution in [0.3, 0.4) is 0 Å². The second kappa shape index (κ2) is 9.18. The molecule has 1 N–H and O–H groups in total. The summed E-state index contributed by atoms with van der Waals surface area (Å²) >= 11 is 2.18. The summed E-state index contributed by atoms with van der Waals surface area (Å²) in [4.78, 5) is 12.9. The summed E-state index contributed by atoms with van der Waals surface area (Å²) in [5, 5.41) is 2.79. The third-order valence-corrected chi connectivity index (χ3v) is 7.15. The molecule has 0 aromatic heterocycles. The molecule has 156 valence electrons. The zero-order valence-corrected chi connectivity index (χ0v) is 20.0. The summed E-state index contributed by atoms with van der Waals surface area (Å²) in [5.74, 6) is -0.409. The maximum atomic E-state index is 13.5. The van der Waals surface area contributed by atoms with Crippen molar-refractivity contribution >= 4 is 49.9 Å². The third-order valence-electron chi connectivity index (χ3n) is 4.66. The molecule has 3 aromatic rings. The van der Waals surface area contributed by atoms with Crippen molar-refractivity contribution in [3.05, 3.63) is 87.0 Å². The SMILES string of the molecule is Cc1ccc(S(=O)(=O)N(CC(=O)Nc2ccc(I)cc2)c2cc(C)ccc2C)cc1. The topological polar surface area (TPSA) is 66.5 Å². The number of sulfonamides is 1. The first-order valence-corrected chi connectivity index (χ1v) is 11.9. The van der Waals surface area contributed by atoms with E-state index in [4.69, 9.17) is 0 Å². The lowest BCUT2D eigenvalue weighted by atomic mass is 10.1. The fourth-order valence-corrected chi connectivity index (χ4v) is 4.83. The number of nitrogens with one attached hydrogen (secondary N) is 1. The molecule has 0 heterocycles. The number of benzene rings is 3. The van der Waals surface area contributed by atoms with Gasteiger partial charge in [-0.3, -0.25) is 9.10 Å². The minimum absolute atomic E-state index is 0.149. The molecule has 0 aliphatic heterocycles. The van der Waals surface area contributed by atoms with Gasteiger partial charge < -0.3 is 5.32 Å². The van der Waals surface area contributed by atoms with Gasteiger partial charge in [0.2, 0.25) is 5.91 Å². The van der Waals surface area contributed by atoms with Crippen LogP contribution >= 0.6 is 22.6 Å². The Morgan fingerprint density at radius 2 is 1.50 bits per heavy atom. The highest BCUT2D eigenvalue weighted by Crippen LogP contribution is 2.28. The number of amides is 1. The molecule has 3 rings (SSSR count). The van der Waals surface area contributed by atoms with Gasteiger partial charge in [-0.25, -0.2) is 8.42 Å². The highest BCUT2D eigenvalue weighted by atomic mass is 127. The van der Waals surface area contributed by atoms with Gasteiger partial charge in [0.1, 0.15) is 6.54 Å². The fraction of sp³-hybridized carbons (Fsp3) is 0.174. The summed E-state index contributed by atoms with van der Waals surface area (Å²) in [7, 11) is -3.93. The number of anilines is 2. The van der Waals surface area contributed by atoms with Crippen LogP contribution in [0.25, 0.3) is 0 Å². The minimum atomic E-state index is -3.93. The van der Waals surface area contributed by atoms with Crippen LogP contribution in [0.2, 0.25) is 0 Å². The Bertz CT molecular complexity index is 1160.